The average molecular weight is 390 g/mol. The number of rotatable bonds is 4. The van der Waals surface area contributed by atoms with E-state index >= 15 is 0 Å². The van der Waals surface area contributed by atoms with Crippen LogP contribution in [0.25, 0.3) is 0 Å². The monoisotopic (exact) mass is 389 g/mol. The molecule has 2 aliphatic rings. The maximum absolute atomic E-state index is 14.2. The van der Waals surface area contributed by atoms with Crippen molar-refractivity contribution < 1.29 is 8.78 Å². The third-order valence-corrected chi connectivity index (χ3v) is 6.67. The molecule has 1 fully saturated rings. The van der Waals surface area contributed by atoms with Crippen molar-refractivity contribution in [1.29, 1.82) is 0 Å². The van der Waals surface area contributed by atoms with E-state index in [0.29, 0.717) is 12.7 Å². The van der Waals surface area contributed by atoms with Crippen LogP contribution in [0.5, 0.6) is 0 Å². The van der Waals surface area contributed by atoms with Crippen LogP contribution < -0.4 is 4.90 Å². The third-order valence-electron chi connectivity index (χ3n) is 5.48. The van der Waals surface area contributed by atoms with Gasteiger partial charge in [-0.05, 0) is 62.1 Å². The van der Waals surface area contributed by atoms with Crippen molar-refractivity contribution in [2.45, 2.75) is 37.2 Å². The van der Waals surface area contributed by atoms with Gasteiger partial charge in [0.25, 0.3) is 0 Å². The Labute approximate surface area is 164 Å². The Morgan fingerprint density at radius 3 is 2.63 bits per heavy atom. The van der Waals surface area contributed by atoms with Crippen LogP contribution in [-0.4, -0.2) is 41.5 Å². The van der Waals surface area contributed by atoms with Crippen LogP contribution in [0, 0.1) is 11.6 Å². The molecule has 144 valence electrons. The van der Waals surface area contributed by atoms with E-state index in [1.807, 2.05) is 18.2 Å². The van der Waals surface area contributed by atoms with Gasteiger partial charge in [-0.3, -0.25) is 0 Å². The van der Waals surface area contributed by atoms with Crippen molar-refractivity contribution in [2.75, 3.05) is 31.2 Å². The largest absolute Gasteiger partial charge is 0.352 e. The van der Waals surface area contributed by atoms with E-state index in [2.05, 4.69) is 27.1 Å². The highest BCUT2D eigenvalue weighted by molar-refractivity contribution is 7.97. The molecule has 2 aliphatic heterocycles. The van der Waals surface area contributed by atoms with Crippen molar-refractivity contribution in [3.63, 3.8) is 0 Å². The van der Waals surface area contributed by atoms with Crippen molar-refractivity contribution in [1.82, 2.24) is 9.21 Å². The molecule has 0 N–H and O–H groups in total. The molecule has 6 heteroatoms. The summed E-state index contributed by atoms with van der Waals surface area (Å²) >= 11 is 1.78. The van der Waals surface area contributed by atoms with Gasteiger partial charge in [-0.15, -0.1) is 0 Å². The molecular formula is C21H25F2N3S. The zero-order valence-corrected chi connectivity index (χ0v) is 16.4. The Kier molecular flexibility index (Phi) is 5.66. The number of piperidine rings is 1. The standard InChI is InChI=1S/C21H25F2N3S/c1-2-24-12-6-7-16(13-24)26-15-25(20-10-3-4-11-21(20)27-26)14-17-18(22)8-5-9-19(17)23/h3-5,8-11,16H,2,6-7,12-15H2,1H3. The Balaban J connectivity index is 1.60. The van der Waals surface area contributed by atoms with Crippen LogP contribution in [0.1, 0.15) is 25.3 Å². The molecule has 4 rings (SSSR count). The summed E-state index contributed by atoms with van der Waals surface area (Å²) in [4.78, 5) is 5.73. The van der Waals surface area contributed by atoms with Gasteiger partial charge in [-0.25, -0.2) is 13.1 Å². The van der Waals surface area contributed by atoms with Crippen LogP contribution in [0.2, 0.25) is 0 Å². The Morgan fingerprint density at radius 2 is 1.85 bits per heavy atom. The van der Waals surface area contributed by atoms with Crippen molar-refractivity contribution in [3.05, 3.63) is 59.7 Å². The minimum absolute atomic E-state index is 0.137. The van der Waals surface area contributed by atoms with Gasteiger partial charge in [-0.1, -0.05) is 25.1 Å². The predicted molar refractivity (Wildman–Crippen MR) is 107 cm³/mol. The lowest BCUT2D eigenvalue weighted by Gasteiger charge is -2.44. The molecule has 3 nitrogen and oxygen atoms in total. The van der Waals surface area contributed by atoms with E-state index in [0.717, 1.165) is 36.6 Å². The molecular weight excluding hydrogens is 364 g/mol. The van der Waals surface area contributed by atoms with Crippen LogP contribution >= 0.6 is 11.9 Å². The first-order valence-corrected chi connectivity index (χ1v) is 10.4. The van der Waals surface area contributed by atoms with E-state index < -0.39 is 11.6 Å². The first-order chi connectivity index (χ1) is 13.2. The zero-order valence-electron chi connectivity index (χ0n) is 15.6. The number of hydrogen-bond donors (Lipinski definition) is 0. The minimum Gasteiger partial charge on any atom is -0.352 e. The van der Waals surface area contributed by atoms with Crippen LogP contribution in [0.3, 0.4) is 0 Å². The fourth-order valence-corrected chi connectivity index (χ4v) is 5.15. The van der Waals surface area contributed by atoms with Crippen molar-refractivity contribution >= 4 is 17.6 Å². The lowest BCUT2D eigenvalue weighted by Crippen LogP contribution is -2.50. The van der Waals surface area contributed by atoms with E-state index in [1.54, 1.807) is 11.9 Å². The summed E-state index contributed by atoms with van der Waals surface area (Å²) in [6.45, 7) is 6.37. The molecule has 0 amide bonds. The van der Waals surface area contributed by atoms with Gasteiger partial charge in [0.1, 0.15) is 11.6 Å². The molecule has 0 aliphatic carbocycles. The van der Waals surface area contributed by atoms with Gasteiger partial charge >= 0.3 is 0 Å². The van der Waals surface area contributed by atoms with Gasteiger partial charge in [0.2, 0.25) is 0 Å². The second kappa shape index (κ2) is 8.17. The van der Waals surface area contributed by atoms with E-state index in [9.17, 15) is 8.78 Å². The van der Waals surface area contributed by atoms with E-state index in [-0.39, 0.29) is 12.1 Å². The number of anilines is 1. The summed E-state index contributed by atoms with van der Waals surface area (Å²) in [5.74, 6) is -0.959. The molecule has 2 aromatic rings. The molecule has 0 aromatic heterocycles. The highest BCUT2D eigenvalue weighted by Gasteiger charge is 2.31. The molecule has 2 aromatic carbocycles. The smallest absolute Gasteiger partial charge is 0.131 e. The van der Waals surface area contributed by atoms with Gasteiger partial charge in [-0.2, -0.15) is 0 Å². The second-order valence-corrected chi connectivity index (χ2v) is 8.30. The normalized spacial score (nSPS) is 21.3. The number of fused-ring (bicyclic) bond motifs is 1. The predicted octanol–water partition coefficient (Wildman–Crippen LogP) is 4.74. The SMILES string of the molecule is CCN1CCCC(N2CN(Cc3c(F)cccc3F)c3ccccc3S2)C1. The maximum Gasteiger partial charge on any atom is 0.131 e. The maximum atomic E-state index is 14.2. The molecule has 0 bridgehead atoms. The van der Waals surface area contributed by atoms with Crippen molar-refractivity contribution in [3.8, 4) is 0 Å². The van der Waals surface area contributed by atoms with Gasteiger partial charge in [0.15, 0.2) is 0 Å². The lowest BCUT2D eigenvalue weighted by atomic mass is 10.1. The second-order valence-electron chi connectivity index (χ2n) is 7.20. The Bertz CT molecular complexity index is 780. The molecule has 0 radical (unpaired) electrons. The van der Waals surface area contributed by atoms with E-state index in [1.165, 1.54) is 24.6 Å². The third kappa shape index (κ3) is 3.98. The number of benzene rings is 2. The number of likely N-dealkylation sites (N-methyl/N-ethyl adjacent to an activating group) is 1. The number of nitrogens with zero attached hydrogens (tertiary/aromatic N) is 3. The molecule has 2 heterocycles. The topological polar surface area (TPSA) is 9.72 Å². The summed E-state index contributed by atoms with van der Waals surface area (Å²) in [6.07, 6.45) is 2.35. The van der Waals surface area contributed by atoms with Crippen LogP contribution in [0.15, 0.2) is 47.4 Å². The first-order valence-electron chi connectivity index (χ1n) is 9.59. The zero-order chi connectivity index (χ0) is 18.8. The summed E-state index contributed by atoms with van der Waals surface area (Å²) in [6, 6.07) is 12.7. The number of hydrogen-bond acceptors (Lipinski definition) is 4. The van der Waals surface area contributed by atoms with E-state index in [4.69, 9.17) is 0 Å². The molecule has 27 heavy (non-hydrogen) atoms. The molecule has 1 unspecified atom stereocenters. The van der Waals surface area contributed by atoms with Gasteiger partial charge in [0.05, 0.1) is 18.9 Å². The van der Waals surface area contributed by atoms with Gasteiger partial charge in [0, 0.05) is 23.0 Å². The molecule has 0 saturated carbocycles. The highest BCUT2D eigenvalue weighted by atomic mass is 32.2. The summed E-state index contributed by atoms with van der Waals surface area (Å²) in [5.41, 5.74) is 1.18. The average Bonchev–Trinajstić information content (AvgIpc) is 2.70. The fraction of sp³-hybridized carbons (Fsp3) is 0.429. The fourth-order valence-electron chi connectivity index (χ4n) is 3.95. The number of para-hydroxylation sites is 1. The summed E-state index contributed by atoms with van der Waals surface area (Å²) in [7, 11) is 0. The number of halogens is 2. The lowest BCUT2D eigenvalue weighted by molar-refractivity contribution is 0.158. The summed E-state index contributed by atoms with van der Waals surface area (Å²) in [5, 5.41) is 0. The Hall–Kier alpha value is -1.63. The van der Waals surface area contributed by atoms with Crippen molar-refractivity contribution in [2.24, 2.45) is 0 Å². The van der Waals surface area contributed by atoms with Crippen LogP contribution in [-0.2, 0) is 6.54 Å². The quantitative estimate of drug-likeness (QED) is 0.699. The highest BCUT2D eigenvalue weighted by Crippen LogP contribution is 2.40. The van der Waals surface area contributed by atoms with Gasteiger partial charge < -0.3 is 9.80 Å². The number of likely N-dealkylation sites (tertiary alicyclic amines) is 1. The summed E-state index contributed by atoms with van der Waals surface area (Å²) < 4.78 is 30.9. The molecule has 1 atom stereocenters. The molecule has 1 saturated heterocycles. The first kappa shape index (κ1) is 18.7. The molecule has 0 spiro atoms. The van der Waals surface area contributed by atoms with Crippen LogP contribution in [0.4, 0.5) is 14.5 Å². The Morgan fingerprint density at radius 1 is 1.07 bits per heavy atom. The minimum atomic E-state index is -0.480.